The molecule has 0 radical (unpaired) electrons. The molecule has 118 valence electrons. The smallest absolute Gasteiger partial charge is 0.256 e. The van der Waals surface area contributed by atoms with Crippen molar-refractivity contribution in [1.29, 1.82) is 0 Å². The summed E-state index contributed by atoms with van der Waals surface area (Å²) in [6, 6.07) is 9.63. The van der Waals surface area contributed by atoms with Crippen molar-refractivity contribution in [3.63, 3.8) is 0 Å². The van der Waals surface area contributed by atoms with Crippen molar-refractivity contribution in [1.82, 2.24) is 15.5 Å². The van der Waals surface area contributed by atoms with Gasteiger partial charge in [-0.25, -0.2) is 0 Å². The third-order valence-corrected chi connectivity index (χ3v) is 3.50. The van der Waals surface area contributed by atoms with Crippen LogP contribution in [0.5, 0.6) is 5.75 Å². The summed E-state index contributed by atoms with van der Waals surface area (Å²) in [6.45, 7) is 4.19. The molecule has 1 amide bonds. The van der Waals surface area contributed by atoms with Crippen molar-refractivity contribution in [2.75, 3.05) is 13.2 Å². The Hall–Kier alpha value is -2.89. The van der Waals surface area contributed by atoms with E-state index in [0.29, 0.717) is 35.9 Å². The SMILES string of the molecule is Cc1noc(C)c1C(=O)NCCOc1cccc2cccnc12. The largest absolute Gasteiger partial charge is 0.489 e. The van der Waals surface area contributed by atoms with Gasteiger partial charge in [-0.15, -0.1) is 0 Å². The Kier molecular flexibility index (Phi) is 4.23. The number of ether oxygens (including phenoxy) is 1. The molecule has 0 spiro atoms. The number of fused-ring (bicyclic) bond motifs is 1. The lowest BCUT2D eigenvalue weighted by Gasteiger charge is -2.09. The van der Waals surface area contributed by atoms with Gasteiger partial charge in [-0.2, -0.15) is 0 Å². The maximum atomic E-state index is 12.1. The van der Waals surface area contributed by atoms with E-state index in [1.807, 2.05) is 30.3 Å². The van der Waals surface area contributed by atoms with Gasteiger partial charge >= 0.3 is 0 Å². The van der Waals surface area contributed by atoms with Crippen LogP contribution in [0.15, 0.2) is 41.1 Å². The van der Waals surface area contributed by atoms with Crippen LogP contribution in [-0.2, 0) is 0 Å². The van der Waals surface area contributed by atoms with Crippen LogP contribution in [-0.4, -0.2) is 29.2 Å². The van der Waals surface area contributed by atoms with Crippen molar-refractivity contribution >= 4 is 16.8 Å². The van der Waals surface area contributed by atoms with Crippen LogP contribution in [0.25, 0.3) is 10.9 Å². The average molecular weight is 311 g/mol. The molecule has 1 aromatic carbocycles. The number of rotatable bonds is 5. The number of carbonyl (C=O) groups is 1. The molecule has 2 aromatic heterocycles. The fourth-order valence-electron chi connectivity index (χ4n) is 2.41. The number of pyridine rings is 1. The number of nitrogens with one attached hydrogen (secondary N) is 1. The molecule has 3 aromatic rings. The second-order valence-electron chi connectivity index (χ2n) is 5.13. The van der Waals surface area contributed by atoms with Gasteiger partial charge in [0.2, 0.25) is 0 Å². The number of aryl methyl sites for hydroxylation is 2. The van der Waals surface area contributed by atoms with Gasteiger partial charge < -0.3 is 14.6 Å². The number of amides is 1. The van der Waals surface area contributed by atoms with E-state index in [2.05, 4.69) is 15.5 Å². The molecule has 0 aliphatic carbocycles. The highest BCUT2D eigenvalue weighted by Gasteiger charge is 2.16. The maximum Gasteiger partial charge on any atom is 0.256 e. The Morgan fingerprint density at radius 2 is 2.09 bits per heavy atom. The number of aromatic nitrogens is 2. The molecule has 0 bridgehead atoms. The number of carbonyl (C=O) groups excluding carboxylic acids is 1. The third-order valence-electron chi connectivity index (χ3n) is 3.50. The molecule has 1 N–H and O–H groups in total. The standard InChI is InChI=1S/C17H17N3O3/c1-11-15(12(2)23-20-11)17(21)19-9-10-22-14-7-3-5-13-6-4-8-18-16(13)14/h3-8H,9-10H2,1-2H3,(H,19,21). The van der Waals surface area contributed by atoms with Gasteiger partial charge in [-0.1, -0.05) is 23.4 Å². The van der Waals surface area contributed by atoms with E-state index < -0.39 is 0 Å². The average Bonchev–Trinajstić information content (AvgIpc) is 2.90. The van der Waals surface area contributed by atoms with Crippen molar-refractivity contribution in [3.05, 3.63) is 53.5 Å². The summed E-state index contributed by atoms with van der Waals surface area (Å²) >= 11 is 0. The number of hydrogen-bond acceptors (Lipinski definition) is 5. The van der Waals surface area contributed by atoms with E-state index in [9.17, 15) is 4.79 Å². The summed E-state index contributed by atoms with van der Waals surface area (Å²) in [4.78, 5) is 16.4. The van der Waals surface area contributed by atoms with Gasteiger partial charge in [-0.05, 0) is 26.0 Å². The van der Waals surface area contributed by atoms with Gasteiger partial charge in [0.15, 0.2) is 0 Å². The third kappa shape index (κ3) is 3.15. The summed E-state index contributed by atoms with van der Waals surface area (Å²) in [6.07, 6.45) is 1.73. The van der Waals surface area contributed by atoms with E-state index in [1.54, 1.807) is 20.0 Å². The Labute approximate surface area is 133 Å². The molecule has 0 saturated heterocycles. The Bertz CT molecular complexity index is 817. The summed E-state index contributed by atoms with van der Waals surface area (Å²) in [5.41, 5.74) is 1.88. The van der Waals surface area contributed by atoms with Gasteiger partial charge in [-0.3, -0.25) is 9.78 Å². The topological polar surface area (TPSA) is 77.2 Å². The zero-order chi connectivity index (χ0) is 16.2. The molecule has 6 heteroatoms. The van der Waals surface area contributed by atoms with Gasteiger partial charge in [0.1, 0.15) is 29.2 Å². The highest BCUT2D eigenvalue weighted by atomic mass is 16.5. The number of nitrogens with zero attached hydrogens (tertiary/aromatic N) is 2. The second kappa shape index (κ2) is 6.48. The maximum absolute atomic E-state index is 12.1. The van der Waals surface area contributed by atoms with Crippen LogP contribution < -0.4 is 10.1 Å². The molecule has 0 aliphatic rings. The van der Waals surface area contributed by atoms with Crippen LogP contribution in [0.2, 0.25) is 0 Å². The molecule has 0 saturated carbocycles. The van der Waals surface area contributed by atoms with Crippen molar-refractivity contribution in [2.45, 2.75) is 13.8 Å². The Balaban J connectivity index is 1.58. The Morgan fingerprint density at radius 1 is 1.26 bits per heavy atom. The zero-order valence-corrected chi connectivity index (χ0v) is 13.0. The zero-order valence-electron chi connectivity index (χ0n) is 13.0. The highest BCUT2D eigenvalue weighted by molar-refractivity contribution is 5.96. The molecule has 0 fully saturated rings. The minimum atomic E-state index is -0.208. The van der Waals surface area contributed by atoms with Crippen LogP contribution in [0.3, 0.4) is 0 Å². The summed E-state index contributed by atoms with van der Waals surface area (Å²) < 4.78 is 10.7. The lowest BCUT2D eigenvalue weighted by molar-refractivity contribution is 0.0945. The van der Waals surface area contributed by atoms with Crippen molar-refractivity contribution < 1.29 is 14.1 Å². The number of para-hydroxylation sites is 1. The van der Waals surface area contributed by atoms with Gasteiger partial charge in [0.05, 0.1) is 12.2 Å². The second-order valence-corrected chi connectivity index (χ2v) is 5.13. The normalized spacial score (nSPS) is 10.7. The first-order chi connectivity index (χ1) is 11.2. The van der Waals surface area contributed by atoms with E-state index >= 15 is 0 Å². The van der Waals surface area contributed by atoms with E-state index in [-0.39, 0.29) is 5.91 Å². The first kappa shape index (κ1) is 15.0. The van der Waals surface area contributed by atoms with Crippen LogP contribution in [0.1, 0.15) is 21.8 Å². The predicted octanol–water partition coefficient (Wildman–Crippen LogP) is 2.65. The summed E-state index contributed by atoms with van der Waals surface area (Å²) in [5.74, 6) is 1.01. The van der Waals surface area contributed by atoms with Crippen molar-refractivity contribution in [2.24, 2.45) is 0 Å². The molecule has 0 unspecified atom stereocenters. The fraction of sp³-hybridized carbons (Fsp3) is 0.235. The molecular weight excluding hydrogens is 294 g/mol. The van der Waals surface area contributed by atoms with E-state index in [1.165, 1.54) is 0 Å². The summed E-state index contributed by atoms with van der Waals surface area (Å²) in [7, 11) is 0. The van der Waals surface area contributed by atoms with Crippen molar-refractivity contribution in [3.8, 4) is 5.75 Å². The first-order valence-corrected chi connectivity index (χ1v) is 7.34. The van der Waals surface area contributed by atoms with Crippen LogP contribution in [0.4, 0.5) is 0 Å². The van der Waals surface area contributed by atoms with Gasteiger partial charge in [0.25, 0.3) is 5.91 Å². The summed E-state index contributed by atoms with van der Waals surface area (Å²) in [5, 5.41) is 7.59. The quantitative estimate of drug-likeness (QED) is 0.733. The lowest BCUT2D eigenvalue weighted by Crippen LogP contribution is -2.28. The molecule has 6 nitrogen and oxygen atoms in total. The Morgan fingerprint density at radius 3 is 2.87 bits per heavy atom. The molecule has 2 heterocycles. The van der Waals surface area contributed by atoms with Crippen LogP contribution in [0, 0.1) is 13.8 Å². The van der Waals surface area contributed by atoms with Gasteiger partial charge in [0, 0.05) is 11.6 Å². The number of benzene rings is 1. The molecular formula is C17H17N3O3. The monoisotopic (exact) mass is 311 g/mol. The highest BCUT2D eigenvalue weighted by Crippen LogP contribution is 2.22. The molecule has 23 heavy (non-hydrogen) atoms. The fourth-order valence-corrected chi connectivity index (χ4v) is 2.41. The molecule has 3 rings (SSSR count). The van der Waals surface area contributed by atoms with Crippen LogP contribution >= 0.6 is 0 Å². The molecule has 0 aliphatic heterocycles. The minimum Gasteiger partial charge on any atom is -0.489 e. The predicted molar refractivity (Wildman–Crippen MR) is 85.5 cm³/mol. The molecule has 0 atom stereocenters. The first-order valence-electron chi connectivity index (χ1n) is 7.34. The number of hydrogen-bond donors (Lipinski definition) is 1. The van der Waals surface area contributed by atoms with E-state index in [0.717, 1.165) is 10.9 Å². The lowest BCUT2D eigenvalue weighted by atomic mass is 10.2. The minimum absolute atomic E-state index is 0.208. The van der Waals surface area contributed by atoms with E-state index in [4.69, 9.17) is 9.26 Å².